The predicted molar refractivity (Wildman–Crippen MR) is 127 cm³/mol. The summed E-state index contributed by atoms with van der Waals surface area (Å²) in [4.78, 5) is 29.0. The van der Waals surface area contributed by atoms with E-state index in [-0.39, 0.29) is 22.4 Å². The number of carbonyl (C=O) groups is 2. The van der Waals surface area contributed by atoms with Crippen LogP contribution in [0.3, 0.4) is 0 Å². The second-order valence-corrected chi connectivity index (χ2v) is 9.99. The summed E-state index contributed by atoms with van der Waals surface area (Å²) in [6.45, 7) is 11.8. The SMILES string of the molecule is Cc1c(CN2CCN(C(=O)OC(C)(C)C)[C@@H](C)C2)cc(Cl)cc1NC(=O)c1cc(F)c[n+]([O-])c1. The van der Waals surface area contributed by atoms with E-state index in [1.54, 1.807) is 11.0 Å². The van der Waals surface area contributed by atoms with Gasteiger partial charge in [0.15, 0.2) is 12.0 Å². The third-order valence-electron chi connectivity index (χ3n) is 5.53. The van der Waals surface area contributed by atoms with Crippen LogP contribution in [0.25, 0.3) is 0 Å². The van der Waals surface area contributed by atoms with Gasteiger partial charge in [0.25, 0.3) is 5.91 Å². The molecule has 184 valence electrons. The van der Waals surface area contributed by atoms with Crippen LogP contribution < -0.4 is 10.0 Å². The number of anilines is 1. The molecule has 1 N–H and O–H groups in total. The van der Waals surface area contributed by atoms with E-state index in [0.717, 1.165) is 29.6 Å². The van der Waals surface area contributed by atoms with E-state index in [0.29, 0.717) is 36.9 Å². The summed E-state index contributed by atoms with van der Waals surface area (Å²) in [7, 11) is 0. The summed E-state index contributed by atoms with van der Waals surface area (Å²) in [6, 6.07) is 4.42. The van der Waals surface area contributed by atoms with Gasteiger partial charge in [0, 0.05) is 42.9 Å². The van der Waals surface area contributed by atoms with Crippen LogP contribution in [0.1, 0.15) is 49.2 Å². The lowest BCUT2D eigenvalue weighted by atomic mass is 10.0. The Morgan fingerprint density at radius 1 is 1.26 bits per heavy atom. The number of benzene rings is 1. The van der Waals surface area contributed by atoms with Crippen molar-refractivity contribution < 1.29 is 23.4 Å². The average molecular weight is 493 g/mol. The van der Waals surface area contributed by atoms with Crippen LogP contribution in [-0.4, -0.2) is 53.1 Å². The molecule has 1 aliphatic heterocycles. The topological polar surface area (TPSA) is 88.8 Å². The molecular weight excluding hydrogens is 463 g/mol. The van der Waals surface area contributed by atoms with E-state index in [1.807, 2.05) is 40.7 Å². The zero-order valence-corrected chi connectivity index (χ0v) is 20.8. The van der Waals surface area contributed by atoms with Crippen molar-refractivity contribution in [3.05, 3.63) is 63.3 Å². The van der Waals surface area contributed by atoms with E-state index in [1.165, 1.54) is 0 Å². The number of piperazine rings is 1. The van der Waals surface area contributed by atoms with E-state index in [4.69, 9.17) is 16.3 Å². The maximum absolute atomic E-state index is 13.5. The molecule has 2 heterocycles. The number of halogens is 2. The van der Waals surface area contributed by atoms with E-state index < -0.39 is 17.3 Å². The Morgan fingerprint density at radius 3 is 2.59 bits per heavy atom. The zero-order valence-electron chi connectivity index (χ0n) is 20.0. The first kappa shape index (κ1) is 25.7. The van der Waals surface area contributed by atoms with Gasteiger partial charge in [-0.25, -0.2) is 9.18 Å². The van der Waals surface area contributed by atoms with Crippen molar-refractivity contribution in [3.8, 4) is 0 Å². The summed E-state index contributed by atoms with van der Waals surface area (Å²) in [6.07, 6.45) is 1.42. The first-order valence-corrected chi connectivity index (χ1v) is 11.4. The lowest BCUT2D eigenvalue weighted by Gasteiger charge is -2.40. The van der Waals surface area contributed by atoms with Crippen LogP contribution in [0.15, 0.2) is 30.6 Å². The molecule has 0 saturated carbocycles. The van der Waals surface area contributed by atoms with Gasteiger partial charge < -0.3 is 20.2 Å². The van der Waals surface area contributed by atoms with Gasteiger partial charge in [-0.05, 0) is 63.9 Å². The highest BCUT2D eigenvalue weighted by molar-refractivity contribution is 6.31. The van der Waals surface area contributed by atoms with Gasteiger partial charge in [-0.3, -0.25) is 9.69 Å². The van der Waals surface area contributed by atoms with Crippen LogP contribution in [0.2, 0.25) is 5.02 Å². The number of hydrogen-bond donors (Lipinski definition) is 1. The molecule has 8 nitrogen and oxygen atoms in total. The highest BCUT2D eigenvalue weighted by Gasteiger charge is 2.31. The van der Waals surface area contributed by atoms with Crippen molar-refractivity contribution in [3.63, 3.8) is 0 Å². The Labute approximate surface area is 203 Å². The summed E-state index contributed by atoms with van der Waals surface area (Å²) >= 11 is 6.32. The second-order valence-electron chi connectivity index (χ2n) is 9.55. The van der Waals surface area contributed by atoms with Crippen LogP contribution in [0, 0.1) is 17.9 Å². The Kier molecular flexibility index (Phi) is 7.67. The fraction of sp³-hybridized carbons (Fsp3) is 0.458. The molecule has 0 spiro atoms. The number of carbonyl (C=O) groups excluding carboxylic acids is 2. The molecule has 1 fully saturated rings. The molecule has 0 unspecified atom stereocenters. The van der Waals surface area contributed by atoms with Gasteiger partial charge in [-0.1, -0.05) is 11.6 Å². The molecule has 1 aromatic carbocycles. The third kappa shape index (κ3) is 6.57. The van der Waals surface area contributed by atoms with Gasteiger partial charge in [0.05, 0.1) is 0 Å². The summed E-state index contributed by atoms with van der Waals surface area (Å²) in [5.74, 6) is -1.41. The van der Waals surface area contributed by atoms with Gasteiger partial charge in [0.2, 0.25) is 6.20 Å². The fourth-order valence-corrected chi connectivity index (χ4v) is 4.12. The maximum Gasteiger partial charge on any atom is 0.410 e. The second kappa shape index (κ2) is 10.1. The van der Waals surface area contributed by atoms with Crippen molar-refractivity contribution in [1.29, 1.82) is 0 Å². The minimum atomic E-state index is -0.800. The summed E-state index contributed by atoms with van der Waals surface area (Å²) in [5.41, 5.74) is 1.56. The van der Waals surface area contributed by atoms with E-state index >= 15 is 0 Å². The van der Waals surface area contributed by atoms with Gasteiger partial charge in [-0.2, -0.15) is 4.73 Å². The molecule has 3 rings (SSSR count). The molecule has 1 atom stereocenters. The highest BCUT2D eigenvalue weighted by atomic mass is 35.5. The van der Waals surface area contributed by atoms with Gasteiger partial charge in [-0.15, -0.1) is 0 Å². The van der Waals surface area contributed by atoms with Crippen LogP contribution in [0.4, 0.5) is 14.9 Å². The number of aromatic nitrogens is 1. The number of rotatable bonds is 4. The summed E-state index contributed by atoms with van der Waals surface area (Å²) < 4.78 is 19.3. The largest absolute Gasteiger partial charge is 0.619 e. The molecule has 1 saturated heterocycles. The smallest absolute Gasteiger partial charge is 0.410 e. The molecular formula is C24H30ClFN4O4. The van der Waals surface area contributed by atoms with Crippen molar-refractivity contribution in [2.75, 3.05) is 25.0 Å². The number of ether oxygens (including phenoxy) is 1. The normalized spacial score (nSPS) is 16.9. The molecule has 34 heavy (non-hydrogen) atoms. The molecule has 0 bridgehead atoms. The zero-order chi connectivity index (χ0) is 25.2. The third-order valence-corrected chi connectivity index (χ3v) is 5.75. The van der Waals surface area contributed by atoms with Gasteiger partial charge >= 0.3 is 6.09 Å². The molecule has 1 aromatic heterocycles. The highest BCUT2D eigenvalue weighted by Crippen LogP contribution is 2.27. The maximum atomic E-state index is 13.5. The Bertz CT molecular complexity index is 1070. The average Bonchev–Trinajstić information content (AvgIpc) is 2.69. The first-order valence-electron chi connectivity index (χ1n) is 11.0. The fourth-order valence-electron chi connectivity index (χ4n) is 3.88. The summed E-state index contributed by atoms with van der Waals surface area (Å²) in [5, 5.41) is 14.6. The van der Waals surface area contributed by atoms with Crippen LogP contribution in [0.5, 0.6) is 0 Å². The van der Waals surface area contributed by atoms with Crippen LogP contribution >= 0.6 is 11.6 Å². The van der Waals surface area contributed by atoms with Crippen molar-refractivity contribution in [2.24, 2.45) is 0 Å². The standard InChI is InChI=1S/C24H30ClFN4O4/c1-15-11-28(6-7-30(15)23(32)34-24(3,4)5)12-17-8-19(25)10-21(16(17)2)27-22(31)18-9-20(26)14-29(33)13-18/h8-10,13-15H,6-7,11-12H2,1-5H3,(H,27,31)/t15-/m0/s1. The minimum Gasteiger partial charge on any atom is -0.619 e. The monoisotopic (exact) mass is 492 g/mol. The molecule has 0 radical (unpaired) electrons. The number of amides is 2. The predicted octanol–water partition coefficient (Wildman–Crippen LogP) is 4.11. The van der Waals surface area contributed by atoms with Crippen molar-refractivity contribution in [1.82, 2.24) is 9.80 Å². The first-order chi connectivity index (χ1) is 15.8. The number of nitrogens with zero attached hydrogens (tertiary/aromatic N) is 3. The Hall–Kier alpha value is -2.91. The number of nitrogens with one attached hydrogen (secondary N) is 1. The lowest BCUT2D eigenvalue weighted by Crippen LogP contribution is -2.54. The number of hydrogen-bond acceptors (Lipinski definition) is 5. The van der Waals surface area contributed by atoms with Crippen molar-refractivity contribution in [2.45, 2.75) is 52.8 Å². The molecule has 2 aromatic rings. The number of pyridine rings is 1. The molecule has 2 amide bonds. The van der Waals surface area contributed by atoms with Crippen LogP contribution in [-0.2, 0) is 11.3 Å². The van der Waals surface area contributed by atoms with Crippen molar-refractivity contribution >= 4 is 29.3 Å². The van der Waals surface area contributed by atoms with Gasteiger partial charge in [0.1, 0.15) is 11.2 Å². The quantitative estimate of drug-likeness (QED) is 0.512. The van der Waals surface area contributed by atoms with E-state index in [9.17, 15) is 19.2 Å². The molecule has 10 heteroatoms. The Morgan fingerprint density at radius 2 is 1.97 bits per heavy atom. The minimum absolute atomic E-state index is 0.0333. The molecule has 1 aliphatic rings. The molecule has 0 aliphatic carbocycles. The van der Waals surface area contributed by atoms with E-state index in [2.05, 4.69) is 10.2 Å². The Balaban J connectivity index is 1.70. The lowest BCUT2D eigenvalue weighted by molar-refractivity contribution is -0.607.